The first-order valence-corrected chi connectivity index (χ1v) is 37.1. The van der Waals surface area contributed by atoms with Crippen molar-refractivity contribution < 1.29 is 42.9 Å². The van der Waals surface area contributed by atoms with E-state index in [9.17, 15) is 19.5 Å². The Labute approximate surface area is 538 Å². The number of nitrogens with zero attached hydrogens (tertiary/aromatic N) is 1. The summed E-state index contributed by atoms with van der Waals surface area (Å²) in [5, 5.41) is 11.8. The average Bonchev–Trinajstić information content (AvgIpc) is 3.57. The van der Waals surface area contributed by atoms with Crippen molar-refractivity contribution in [1.82, 2.24) is 0 Å². The Morgan fingerprint density at radius 1 is 0.356 bits per heavy atom. The Kier molecular flexibility index (Phi) is 66.1. The number of carboxylic acids is 1. The number of carbonyl (C=O) groups excluding carboxylic acids is 3. The van der Waals surface area contributed by atoms with Crippen LogP contribution in [0.2, 0.25) is 0 Å². The summed E-state index contributed by atoms with van der Waals surface area (Å²) in [6.07, 6.45) is 88.6. The molecule has 2 atom stereocenters. The van der Waals surface area contributed by atoms with E-state index in [-0.39, 0.29) is 32.2 Å². The molecule has 0 aromatic carbocycles. The monoisotopic (exact) mass is 1220 g/mol. The van der Waals surface area contributed by atoms with Crippen LogP contribution in [0.1, 0.15) is 348 Å². The molecule has 2 unspecified atom stereocenters. The summed E-state index contributed by atoms with van der Waals surface area (Å²) >= 11 is 0. The molecule has 0 aromatic rings. The van der Waals surface area contributed by atoms with Gasteiger partial charge in [0.15, 0.2) is 12.4 Å². The molecule has 506 valence electrons. The number of hydrogen-bond acceptors (Lipinski definition) is 8. The molecular formula is C78H141NO8. The molecule has 9 nitrogen and oxygen atoms in total. The first kappa shape index (κ1) is 83.7. The van der Waals surface area contributed by atoms with Crippen LogP contribution in [0.3, 0.4) is 0 Å². The highest BCUT2D eigenvalue weighted by Crippen LogP contribution is 2.18. The third kappa shape index (κ3) is 70.1. The summed E-state index contributed by atoms with van der Waals surface area (Å²) in [5.74, 6) is -2.27. The Balaban J connectivity index is 4.05. The van der Waals surface area contributed by atoms with E-state index in [4.69, 9.17) is 18.9 Å². The van der Waals surface area contributed by atoms with Crippen molar-refractivity contribution in [3.05, 3.63) is 72.9 Å². The number of allylic oxidation sites excluding steroid dienone is 12. The number of carboxylic acid groups (broad SMARTS) is 1. The van der Waals surface area contributed by atoms with Gasteiger partial charge in [-0.25, -0.2) is 0 Å². The van der Waals surface area contributed by atoms with Crippen LogP contribution >= 0.6 is 0 Å². The number of esters is 2. The topological polar surface area (TPSA) is 111 Å². The van der Waals surface area contributed by atoms with Crippen molar-refractivity contribution >= 4 is 17.9 Å². The van der Waals surface area contributed by atoms with E-state index in [0.717, 1.165) is 70.6 Å². The largest absolute Gasteiger partial charge is 0.545 e. The van der Waals surface area contributed by atoms with Gasteiger partial charge in [0.2, 0.25) is 0 Å². The number of unbranched alkanes of at least 4 members (excludes halogenated alkanes) is 42. The second-order valence-corrected chi connectivity index (χ2v) is 26.2. The maximum Gasteiger partial charge on any atom is 0.306 e. The Morgan fingerprint density at radius 2 is 0.655 bits per heavy atom. The Morgan fingerprint density at radius 3 is 0.989 bits per heavy atom. The fraction of sp³-hybridized carbons (Fsp3) is 0.808. The predicted molar refractivity (Wildman–Crippen MR) is 371 cm³/mol. The molecule has 0 amide bonds. The molecule has 0 aliphatic carbocycles. The van der Waals surface area contributed by atoms with Gasteiger partial charge in [0.25, 0.3) is 0 Å². The van der Waals surface area contributed by atoms with E-state index in [0.29, 0.717) is 23.9 Å². The van der Waals surface area contributed by atoms with Crippen molar-refractivity contribution in [3.63, 3.8) is 0 Å². The lowest BCUT2D eigenvalue weighted by atomic mass is 10.0. The molecule has 0 radical (unpaired) electrons. The van der Waals surface area contributed by atoms with Crippen LogP contribution in [0.5, 0.6) is 0 Å². The second-order valence-electron chi connectivity index (χ2n) is 26.2. The molecule has 0 aliphatic heterocycles. The molecule has 0 rings (SSSR count). The zero-order valence-corrected chi connectivity index (χ0v) is 57.9. The minimum Gasteiger partial charge on any atom is -0.545 e. The van der Waals surface area contributed by atoms with Crippen molar-refractivity contribution in [2.24, 2.45) is 0 Å². The third-order valence-corrected chi connectivity index (χ3v) is 16.4. The second kappa shape index (κ2) is 68.6. The lowest BCUT2D eigenvalue weighted by Gasteiger charge is -2.26. The standard InChI is InChI=1S/C78H141NO8/c1-6-8-10-12-14-16-18-20-22-24-26-28-30-32-34-36-37-38-39-41-42-44-46-48-50-52-54-56-58-60-62-64-66-68-75(80)85-72-74(73-86-78(77(82)83)84-71-70-79(3,4)5)87-76(81)69-67-65-63-61-59-57-55-53-51-49-47-45-43-40-35-33-31-29-27-25-23-21-19-17-15-13-11-9-7-2/h9,11,15,17,21,23-24,26-27,29,33,35,74,78H,6-8,10,12-14,16,18-20,22,25,28,30-32,34,36-73H2,1-5H3/b11-9-,17-15-,23-21-,26-24-,29-27-,35-33-. The predicted octanol–water partition coefficient (Wildman–Crippen LogP) is 21.9. The van der Waals surface area contributed by atoms with Crippen LogP contribution < -0.4 is 5.11 Å². The first-order valence-electron chi connectivity index (χ1n) is 37.1. The number of carbonyl (C=O) groups is 3. The van der Waals surface area contributed by atoms with Crippen molar-refractivity contribution in [2.45, 2.75) is 360 Å². The SMILES string of the molecule is CC/C=C\C/C=C\C/C=C\C/C=C\C/C=C\CCCCCCCCCCCCCCCC(=O)OC(COC(=O)CCCCCCCCCCCCCCCCCCCCCCC/C=C\CCCCCCCCCC)COC(OCC[N+](C)(C)C)C(=O)[O-]. The van der Waals surface area contributed by atoms with Crippen LogP contribution in [0.15, 0.2) is 72.9 Å². The van der Waals surface area contributed by atoms with E-state index in [1.54, 1.807) is 0 Å². The van der Waals surface area contributed by atoms with Gasteiger partial charge < -0.3 is 33.3 Å². The molecular weight excluding hydrogens is 1080 g/mol. The van der Waals surface area contributed by atoms with Gasteiger partial charge >= 0.3 is 11.9 Å². The smallest absolute Gasteiger partial charge is 0.306 e. The van der Waals surface area contributed by atoms with Gasteiger partial charge in [-0.1, -0.05) is 324 Å². The zero-order chi connectivity index (χ0) is 63.3. The number of hydrogen-bond donors (Lipinski definition) is 0. The van der Waals surface area contributed by atoms with Crippen LogP contribution in [0.4, 0.5) is 0 Å². The van der Waals surface area contributed by atoms with Crippen LogP contribution in [0, 0.1) is 0 Å². The minimum absolute atomic E-state index is 0.147. The summed E-state index contributed by atoms with van der Waals surface area (Å²) < 4.78 is 22.8. The average molecular weight is 1220 g/mol. The van der Waals surface area contributed by atoms with Gasteiger partial charge in [0.05, 0.1) is 40.3 Å². The number of likely N-dealkylation sites (N-methyl/N-ethyl adjacent to an activating group) is 1. The van der Waals surface area contributed by atoms with E-state index in [1.807, 2.05) is 21.1 Å². The molecule has 0 saturated heterocycles. The van der Waals surface area contributed by atoms with Crippen molar-refractivity contribution in [1.29, 1.82) is 0 Å². The summed E-state index contributed by atoms with van der Waals surface area (Å²) in [7, 11) is 5.94. The fourth-order valence-corrected chi connectivity index (χ4v) is 10.8. The number of aliphatic carboxylic acids is 1. The van der Waals surface area contributed by atoms with E-state index < -0.39 is 24.3 Å². The summed E-state index contributed by atoms with van der Waals surface area (Å²) in [6.45, 7) is 4.68. The molecule has 0 heterocycles. The molecule has 0 bridgehead atoms. The van der Waals surface area contributed by atoms with Gasteiger partial charge in [0.1, 0.15) is 13.2 Å². The lowest BCUT2D eigenvalue weighted by molar-refractivity contribution is -0.870. The molecule has 0 fully saturated rings. The molecule has 0 N–H and O–H groups in total. The summed E-state index contributed by atoms with van der Waals surface area (Å²) in [6, 6.07) is 0. The Bertz CT molecular complexity index is 1660. The molecule has 0 saturated carbocycles. The van der Waals surface area contributed by atoms with Gasteiger partial charge in [-0.15, -0.1) is 0 Å². The normalized spacial score (nSPS) is 13.1. The molecule has 87 heavy (non-hydrogen) atoms. The van der Waals surface area contributed by atoms with Crippen LogP contribution in [-0.4, -0.2) is 82.3 Å². The highest BCUT2D eigenvalue weighted by Gasteiger charge is 2.22. The first-order chi connectivity index (χ1) is 42.6. The zero-order valence-electron chi connectivity index (χ0n) is 57.9. The van der Waals surface area contributed by atoms with Gasteiger partial charge in [-0.2, -0.15) is 0 Å². The maximum absolute atomic E-state index is 12.9. The van der Waals surface area contributed by atoms with Crippen molar-refractivity contribution in [2.75, 3.05) is 47.5 Å². The van der Waals surface area contributed by atoms with Crippen LogP contribution in [-0.2, 0) is 33.3 Å². The molecule has 0 aromatic heterocycles. The number of quaternary nitrogens is 1. The summed E-state index contributed by atoms with van der Waals surface area (Å²) in [5.41, 5.74) is 0. The van der Waals surface area contributed by atoms with E-state index in [1.165, 1.54) is 244 Å². The minimum atomic E-state index is -1.62. The van der Waals surface area contributed by atoms with Gasteiger partial charge in [0, 0.05) is 12.8 Å². The maximum atomic E-state index is 12.9. The quantitative estimate of drug-likeness (QED) is 0.0195. The van der Waals surface area contributed by atoms with Gasteiger partial charge in [-0.3, -0.25) is 9.59 Å². The molecule has 0 spiro atoms. The van der Waals surface area contributed by atoms with E-state index >= 15 is 0 Å². The van der Waals surface area contributed by atoms with Gasteiger partial charge in [-0.05, 0) is 83.5 Å². The molecule has 9 heteroatoms. The number of rotatable bonds is 69. The fourth-order valence-electron chi connectivity index (χ4n) is 10.8. The van der Waals surface area contributed by atoms with Crippen molar-refractivity contribution in [3.8, 4) is 0 Å². The highest BCUT2D eigenvalue weighted by atomic mass is 16.7. The summed E-state index contributed by atoms with van der Waals surface area (Å²) in [4.78, 5) is 37.5. The Hall–Kier alpha value is -3.27. The third-order valence-electron chi connectivity index (χ3n) is 16.4. The van der Waals surface area contributed by atoms with E-state index in [2.05, 4.69) is 86.8 Å². The van der Waals surface area contributed by atoms with Crippen LogP contribution in [0.25, 0.3) is 0 Å². The number of ether oxygens (including phenoxy) is 4. The highest BCUT2D eigenvalue weighted by molar-refractivity contribution is 5.70. The molecule has 0 aliphatic rings. The lowest BCUT2D eigenvalue weighted by Crippen LogP contribution is -2.44.